The number of fused-ring (bicyclic) bond motifs is 1. The summed E-state index contributed by atoms with van der Waals surface area (Å²) in [7, 11) is 1.27. The molecule has 1 aliphatic rings. The van der Waals surface area contributed by atoms with Crippen LogP contribution in [0, 0.1) is 5.92 Å². The molecule has 0 fully saturated rings. The topological polar surface area (TPSA) is 77.5 Å². The molecule has 1 aromatic rings. The Morgan fingerprint density at radius 2 is 2.17 bits per heavy atom. The fourth-order valence-electron chi connectivity index (χ4n) is 2.35. The first kappa shape index (κ1) is 17.7. The van der Waals surface area contributed by atoms with Crippen LogP contribution in [-0.4, -0.2) is 29.6 Å². The molecule has 0 aromatic carbocycles. The van der Waals surface area contributed by atoms with Gasteiger partial charge in [-0.15, -0.1) is 0 Å². The number of nitrogens with one attached hydrogen (secondary N) is 1. The molecule has 1 unspecified atom stereocenters. The molecular weight excluding hydrogens is 308 g/mol. The van der Waals surface area contributed by atoms with E-state index in [2.05, 4.69) is 21.6 Å². The van der Waals surface area contributed by atoms with E-state index in [1.165, 1.54) is 7.11 Å². The number of carbonyl (C=O) groups is 2. The van der Waals surface area contributed by atoms with Crippen molar-refractivity contribution in [2.45, 2.75) is 32.8 Å². The fraction of sp³-hybridized carbons (Fsp3) is 0.389. The highest BCUT2D eigenvalue weighted by molar-refractivity contribution is 6.06. The number of ether oxygens (including phenoxy) is 2. The molecule has 0 saturated carbocycles. The summed E-state index contributed by atoms with van der Waals surface area (Å²) in [6.07, 6.45) is 5.49. The smallest absolute Gasteiger partial charge is 0.318 e. The van der Waals surface area contributed by atoms with Crippen LogP contribution in [0.5, 0.6) is 0 Å². The summed E-state index contributed by atoms with van der Waals surface area (Å²) in [5.74, 6) is -0.770. The summed E-state index contributed by atoms with van der Waals surface area (Å²) < 4.78 is 10.3. The molecule has 0 spiro atoms. The van der Waals surface area contributed by atoms with Crippen molar-refractivity contribution in [1.82, 2.24) is 4.98 Å². The summed E-state index contributed by atoms with van der Waals surface area (Å²) in [6, 6.07) is 1.87. The Labute approximate surface area is 141 Å². The van der Waals surface area contributed by atoms with Gasteiger partial charge in [0.2, 0.25) is 5.91 Å². The van der Waals surface area contributed by atoms with Crippen LogP contribution in [0.3, 0.4) is 0 Å². The fourth-order valence-corrected chi connectivity index (χ4v) is 2.35. The van der Waals surface area contributed by atoms with E-state index in [1.54, 1.807) is 12.3 Å². The maximum absolute atomic E-state index is 11.9. The van der Waals surface area contributed by atoms with Gasteiger partial charge in [0.25, 0.3) is 0 Å². The molecule has 0 radical (unpaired) electrons. The normalized spacial score (nSPS) is 17.2. The van der Waals surface area contributed by atoms with Gasteiger partial charge in [0.05, 0.1) is 7.11 Å². The van der Waals surface area contributed by atoms with Gasteiger partial charge >= 0.3 is 5.97 Å². The number of allylic oxidation sites excluding steroid dienone is 1. The lowest BCUT2D eigenvalue weighted by Crippen LogP contribution is -2.36. The van der Waals surface area contributed by atoms with E-state index in [-0.39, 0.29) is 12.0 Å². The summed E-state index contributed by atoms with van der Waals surface area (Å²) in [5.41, 5.74) is 1.30. The second-order valence-corrected chi connectivity index (χ2v) is 6.56. The number of carbonyl (C=O) groups excluding carboxylic acids is 2. The van der Waals surface area contributed by atoms with Crippen molar-refractivity contribution in [3.05, 3.63) is 41.8 Å². The zero-order valence-corrected chi connectivity index (χ0v) is 14.4. The van der Waals surface area contributed by atoms with Gasteiger partial charge in [-0.05, 0) is 56.5 Å². The number of esters is 1. The zero-order valence-electron chi connectivity index (χ0n) is 14.4. The molecule has 0 saturated heterocycles. The SMILES string of the molecule is C=C(C=Cc1cnc2c(c1)CC(C(=O)OC)C(=O)N2)OC(C)(C)C. The lowest BCUT2D eigenvalue weighted by molar-refractivity contribution is -0.148. The van der Waals surface area contributed by atoms with Crippen molar-refractivity contribution < 1.29 is 19.1 Å². The summed E-state index contributed by atoms with van der Waals surface area (Å²) in [4.78, 5) is 27.8. The minimum absolute atomic E-state index is 0.266. The molecule has 6 nitrogen and oxygen atoms in total. The maximum atomic E-state index is 11.9. The number of hydrogen-bond donors (Lipinski definition) is 1. The zero-order chi connectivity index (χ0) is 17.9. The van der Waals surface area contributed by atoms with E-state index in [1.807, 2.05) is 32.9 Å². The minimum atomic E-state index is -0.845. The van der Waals surface area contributed by atoms with E-state index in [0.717, 1.165) is 11.1 Å². The van der Waals surface area contributed by atoms with Crippen LogP contribution >= 0.6 is 0 Å². The Kier molecular flexibility index (Phi) is 5.07. The van der Waals surface area contributed by atoms with Crippen molar-refractivity contribution in [3.8, 4) is 0 Å². The standard InChI is InChI=1S/C18H22N2O4/c1-11(24-18(2,3)4)6-7-12-8-13-9-14(17(22)23-5)16(21)20-15(13)19-10-12/h6-8,10,14H,1,9H2,2-5H3,(H,19,20,21). The minimum Gasteiger partial charge on any atom is -0.489 e. The molecule has 0 bridgehead atoms. The van der Waals surface area contributed by atoms with Crippen LogP contribution in [0.15, 0.2) is 30.7 Å². The number of anilines is 1. The van der Waals surface area contributed by atoms with Gasteiger partial charge in [0.1, 0.15) is 23.1 Å². The number of aromatic nitrogens is 1. The highest BCUT2D eigenvalue weighted by atomic mass is 16.5. The summed E-state index contributed by atoms with van der Waals surface area (Å²) >= 11 is 0. The number of pyridine rings is 1. The van der Waals surface area contributed by atoms with Gasteiger partial charge in [0.15, 0.2) is 0 Å². The average Bonchev–Trinajstić information content (AvgIpc) is 2.50. The number of rotatable bonds is 4. The van der Waals surface area contributed by atoms with Crippen molar-refractivity contribution in [2.24, 2.45) is 5.92 Å². The lowest BCUT2D eigenvalue weighted by atomic mass is 9.94. The summed E-state index contributed by atoms with van der Waals surface area (Å²) in [5, 5.41) is 2.63. The third-order valence-electron chi connectivity index (χ3n) is 3.35. The second-order valence-electron chi connectivity index (χ2n) is 6.56. The van der Waals surface area contributed by atoms with Crippen LogP contribution < -0.4 is 5.32 Å². The lowest BCUT2D eigenvalue weighted by Gasteiger charge is -2.22. The molecule has 6 heteroatoms. The molecule has 1 amide bonds. The van der Waals surface area contributed by atoms with Gasteiger partial charge in [-0.3, -0.25) is 9.59 Å². The highest BCUT2D eigenvalue weighted by Gasteiger charge is 2.33. The molecule has 1 aromatic heterocycles. The molecule has 1 N–H and O–H groups in total. The second kappa shape index (κ2) is 6.86. The molecule has 2 rings (SSSR count). The van der Waals surface area contributed by atoms with Gasteiger partial charge in [-0.1, -0.05) is 6.58 Å². The average molecular weight is 330 g/mol. The first-order chi connectivity index (χ1) is 11.2. The Balaban J connectivity index is 2.15. The Morgan fingerprint density at radius 1 is 1.46 bits per heavy atom. The molecule has 128 valence electrons. The van der Waals surface area contributed by atoms with E-state index >= 15 is 0 Å². The van der Waals surface area contributed by atoms with Crippen LogP contribution in [0.4, 0.5) is 5.82 Å². The van der Waals surface area contributed by atoms with Crippen molar-refractivity contribution >= 4 is 23.8 Å². The van der Waals surface area contributed by atoms with Crippen molar-refractivity contribution in [3.63, 3.8) is 0 Å². The maximum Gasteiger partial charge on any atom is 0.318 e. The predicted octanol–water partition coefficient (Wildman–Crippen LogP) is 2.71. The highest BCUT2D eigenvalue weighted by Crippen LogP contribution is 2.25. The molecule has 0 aliphatic carbocycles. The van der Waals surface area contributed by atoms with Gasteiger partial charge in [-0.25, -0.2) is 4.98 Å². The van der Waals surface area contributed by atoms with Gasteiger partial charge in [-0.2, -0.15) is 0 Å². The van der Waals surface area contributed by atoms with Crippen LogP contribution in [0.1, 0.15) is 31.9 Å². The van der Waals surface area contributed by atoms with E-state index in [4.69, 9.17) is 4.74 Å². The Hall–Kier alpha value is -2.63. The summed E-state index contributed by atoms with van der Waals surface area (Å²) in [6.45, 7) is 9.69. The molecule has 24 heavy (non-hydrogen) atoms. The van der Waals surface area contributed by atoms with E-state index in [9.17, 15) is 9.59 Å². The van der Waals surface area contributed by atoms with Crippen molar-refractivity contribution in [2.75, 3.05) is 12.4 Å². The van der Waals surface area contributed by atoms with Crippen molar-refractivity contribution in [1.29, 1.82) is 0 Å². The number of methoxy groups -OCH3 is 1. The third kappa shape index (κ3) is 4.44. The Morgan fingerprint density at radius 3 is 2.79 bits per heavy atom. The van der Waals surface area contributed by atoms with Crippen LogP contribution in [-0.2, 0) is 25.5 Å². The first-order valence-electron chi connectivity index (χ1n) is 7.63. The third-order valence-corrected chi connectivity index (χ3v) is 3.35. The van der Waals surface area contributed by atoms with Gasteiger partial charge < -0.3 is 14.8 Å². The van der Waals surface area contributed by atoms with E-state index in [0.29, 0.717) is 11.6 Å². The molecular formula is C18H22N2O4. The van der Waals surface area contributed by atoms with Crippen LogP contribution in [0.2, 0.25) is 0 Å². The van der Waals surface area contributed by atoms with Gasteiger partial charge in [0, 0.05) is 6.20 Å². The number of hydrogen-bond acceptors (Lipinski definition) is 5. The quantitative estimate of drug-likeness (QED) is 0.397. The van der Waals surface area contributed by atoms with Crippen LogP contribution in [0.25, 0.3) is 6.08 Å². The number of nitrogens with zero attached hydrogens (tertiary/aromatic N) is 1. The Bertz CT molecular complexity index is 701. The van der Waals surface area contributed by atoms with E-state index < -0.39 is 17.8 Å². The monoisotopic (exact) mass is 330 g/mol. The molecule has 1 atom stereocenters. The predicted molar refractivity (Wildman–Crippen MR) is 91.1 cm³/mol. The number of amides is 1. The largest absolute Gasteiger partial charge is 0.489 e. The molecule has 2 heterocycles. The molecule has 1 aliphatic heterocycles. The first-order valence-corrected chi connectivity index (χ1v) is 7.63.